The largest absolute Gasteiger partial charge is 0.268 e. The molecule has 0 amide bonds. The normalized spacial score (nSPS) is 10.0. The lowest BCUT2D eigenvalue weighted by atomic mass is 10.1. The third kappa shape index (κ3) is 2.03. The van der Waals surface area contributed by atoms with Crippen molar-refractivity contribution in [2.45, 2.75) is 0 Å². The summed E-state index contributed by atoms with van der Waals surface area (Å²) in [6, 6.07) is 13.9. The van der Waals surface area contributed by atoms with Crippen molar-refractivity contribution < 1.29 is 4.79 Å². The van der Waals surface area contributed by atoms with Crippen LogP contribution in [-0.2, 0) is 0 Å². The smallest absolute Gasteiger partial charge is 0.263 e. The van der Waals surface area contributed by atoms with Gasteiger partial charge in [-0.05, 0) is 36.4 Å². The fraction of sp³-hybridized carbons (Fsp3) is 0. The second kappa shape index (κ2) is 4.92. The van der Waals surface area contributed by atoms with Crippen molar-refractivity contribution in [3.63, 3.8) is 0 Å². The predicted octanol–water partition coefficient (Wildman–Crippen LogP) is 2.47. The van der Waals surface area contributed by atoms with Gasteiger partial charge in [-0.1, -0.05) is 0 Å². The van der Waals surface area contributed by atoms with E-state index in [1.807, 2.05) is 6.07 Å². The monoisotopic (exact) mass is 272 g/mol. The van der Waals surface area contributed by atoms with Crippen molar-refractivity contribution in [3.8, 4) is 12.1 Å². The summed E-state index contributed by atoms with van der Waals surface area (Å²) in [6.07, 6.45) is 3.06. The van der Waals surface area contributed by atoms with Gasteiger partial charge in [0.15, 0.2) is 0 Å². The van der Waals surface area contributed by atoms with Gasteiger partial charge >= 0.3 is 0 Å². The van der Waals surface area contributed by atoms with Crippen molar-refractivity contribution in [1.82, 2.24) is 9.55 Å². The summed E-state index contributed by atoms with van der Waals surface area (Å²) in [4.78, 5) is 16.7. The minimum Gasteiger partial charge on any atom is -0.268 e. The van der Waals surface area contributed by atoms with Gasteiger partial charge in [-0.3, -0.25) is 9.36 Å². The molecule has 5 heteroatoms. The number of pyridine rings is 1. The maximum absolute atomic E-state index is 12.5. The van der Waals surface area contributed by atoms with Gasteiger partial charge < -0.3 is 0 Å². The number of hydrogen-bond acceptors (Lipinski definition) is 4. The van der Waals surface area contributed by atoms with Crippen LogP contribution >= 0.6 is 0 Å². The molecule has 2 heterocycles. The summed E-state index contributed by atoms with van der Waals surface area (Å²) in [6.45, 7) is 0. The fourth-order valence-corrected chi connectivity index (χ4v) is 2.13. The second-order valence-corrected chi connectivity index (χ2v) is 4.39. The maximum Gasteiger partial charge on any atom is 0.263 e. The van der Waals surface area contributed by atoms with Gasteiger partial charge in [0.25, 0.3) is 5.91 Å². The van der Waals surface area contributed by atoms with Crippen molar-refractivity contribution in [3.05, 3.63) is 65.5 Å². The lowest BCUT2D eigenvalue weighted by Crippen LogP contribution is -2.11. The third-order valence-electron chi connectivity index (χ3n) is 3.16. The van der Waals surface area contributed by atoms with E-state index in [2.05, 4.69) is 11.1 Å². The Morgan fingerprint density at radius 3 is 2.52 bits per heavy atom. The SMILES string of the molecule is N#Cc1ccc(C(=O)n2cc(C#N)c3cccnc32)cc1. The summed E-state index contributed by atoms with van der Waals surface area (Å²) in [5.74, 6) is -0.287. The first kappa shape index (κ1) is 12.6. The Kier molecular flexibility index (Phi) is 2.95. The Hall–Kier alpha value is -3.44. The van der Waals surface area contributed by atoms with E-state index in [1.54, 1.807) is 42.6 Å². The number of nitrogens with zero attached hydrogens (tertiary/aromatic N) is 4. The molecule has 21 heavy (non-hydrogen) atoms. The standard InChI is InChI=1S/C16H8N4O/c17-8-11-3-5-12(6-4-11)16(21)20-10-13(9-18)14-2-1-7-19-15(14)20/h1-7,10H. The first-order valence-corrected chi connectivity index (χ1v) is 6.15. The van der Waals surface area contributed by atoms with Crippen LogP contribution in [-0.4, -0.2) is 15.5 Å². The number of nitriles is 2. The highest BCUT2D eigenvalue weighted by molar-refractivity contribution is 6.02. The van der Waals surface area contributed by atoms with Gasteiger partial charge in [-0.25, -0.2) is 4.98 Å². The van der Waals surface area contributed by atoms with Crippen LogP contribution in [0, 0.1) is 22.7 Å². The number of hydrogen-bond donors (Lipinski definition) is 0. The molecule has 98 valence electrons. The lowest BCUT2D eigenvalue weighted by molar-refractivity contribution is 0.0964. The highest BCUT2D eigenvalue weighted by Crippen LogP contribution is 2.19. The van der Waals surface area contributed by atoms with Crippen LogP contribution in [0.5, 0.6) is 0 Å². The summed E-state index contributed by atoms with van der Waals surface area (Å²) in [5, 5.41) is 18.5. The molecule has 0 aliphatic rings. The topological polar surface area (TPSA) is 82.5 Å². The number of carbonyl (C=O) groups excluding carboxylic acids is 1. The van der Waals surface area contributed by atoms with Gasteiger partial charge in [0.1, 0.15) is 11.7 Å². The van der Waals surface area contributed by atoms with E-state index >= 15 is 0 Å². The second-order valence-electron chi connectivity index (χ2n) is 4.39. The van der Waals surface area contributed by atoms with E-state index in [9.17, 15) is 4.79 Å². The summed E-state index contributed by atoms with van der Waals surface area (Å²) in [7, 11) is 0. The van der Waals surface area contributed by atoms with Gasteiger partial charge in [-0.15, -0.1) is 0 Å². The fourth-order valence-electron chi connectivity index (χ4n) is 2.13. The zero-order valence-electron chi connectivity index (χ0n) is 10.8. The molecule has 0 bridgehead atoms. The van der Waals surface area contributed by atoms with E-state index in [1.165, 1.54) is 10.8 Å². The van der Waals surface area contributed by atoms with Crippen molar-refractivity contribution in [1.29, 1.82) is 10.5 Å². The molecule has 2 aromatic heterocycles. The molecule has 0 unspecified atom stereocenters. The molecule has 1 aromatic carbocycles. The Bertz CT molecular complexity index is 924. The summed E-state index contributed by atoms with van der Waals surface area (Å²) >= 11 is 0. The Morgan fingerprint density at radius 1 is 1.10 bits per heavy atom. The zero-order valence-corrected chi connectivity index (χ0v) is 10.8. The number of aromatic nitrogens is 2. The van der Waals surface area contributed by atoms with Crippen molar-refractivity contribution >= 4 is 16.9 Å². The minimum absolute atomic E-state index is 0.287. The van der Waals surface area contributed by atoms with E-state index in [-0.39, 0.29) is 5.91 Å². The number of carbonyl (C=O) groups is 1. The zero-order chi connectivity index (χ0) is 14.8. The molecule has 3 aromatic rings. The van der Waals surface area contributed by atoms with Crippen LogP contribution in [0.2, 0.25) is 0 Å². The van der Waals surface area contributed by atoms with Crippen LogP contribution in [0.1, 0.15) is 21.5 Å². The van der Waals surface area contributed by atoms with Gasteiger partial charge in [0.2, 0.25) is 0 Å². The maximum atomic E-state index is 12.5. The van der Waals surface area contributed by atoms with Crippen LogP contribution in [0.4, 0.5) is 0 Å². The van der Waals surface area contributed by atoms with Crippen LogP contribution in [0.15, 0.2) is 48.8 Å². The molecule has 0 aliphatic heterocycles. The predicted molar refractivity (Wildman–Crippen MR) is 75.3 cm³/mol. The quantitative estimate of drug-likeness (QED) is 0.681. The van der Waals surface area contributed by atoms with Gasteiger partial charge in [0.05, 0.1) is 17.2 Å². The molecular weight excluding hydrogens is 264 g/mol. The van der Waals surface area contributed by atoms with Gasteiger partial charge in [-0.2, -0.15) is 10.5 Å². The first-order chi connectivity index (χ1) is 10.2. The molecule has 5 nitrogen and oxygen atoms in total. The first-order valence-electron chi connectivity index (χ1n) is 6.15. The Balaban J connectivity index is 2.14. The Morgan fingerprint density at radius 2 is 1.86 bits per heavy atom. The average molecular weight is 272 g/mol. The minimum atomic E-state index is -0.287. The number of rotatable bonds is 1. The summed E-state index contributed by atoms with van der Waals surface area (Å²) < 4.78 is 1.36. The third-order valence-corrected chi connectivity index (χ3v) is 3.16. The van der Waals surface area contributed by atoms with Gasteiger partial charge in [0, 0.05) is 23.3 Å². The summed E-state index contributed by atoms with van der Waals surface area (Å²) in [5.41, 5.74) is 1.77. The van der Waals surface area contributed by atoms with E-state index in [0.29, 0.717) is 27.7 Å². The molecule has 0 saturated carbocycles. The van der Waals surface area contributed by atoms with Crippen LogP contribution < -0.4 is 0 Å². The lowest BCUT2D eigenvalue weighted by Gasteiger charge is -2.03. The molecule has 0 fully saturated rings. The van der Waals surface area contributed by atoms with Crippen molar-refractivity contribution in [2.24, 2.45) is 0 Å². The highest BCUT2D eigenvalue weighted by atomic mass is 16.2. The molecule has 0 aliphatic carbocycles. The van der Waals surface area contributed by atoms with Crippen molar-refractivity contribution in [2.75, 3.05) is 0 Å². The van der Waals surface area contributed by atoms with E-state index in [4.69, 9.17) is 10.5 Å². The average Bonchev–Trinajstić information content (AvgIpc) is 2.93. The molecule has 0 radical (unpaired) electrons. The van der Waals surface area contributed by atoms with Crippen LogP contribution in [0.25, 0.3) is 11.0 Å². The number of benzene rings is 1. The molecule has 0 saturated heterocycles. The van der Waals surface area contributed by atoms with Crippen LogP contribution in [0.3, 0.4) is 0 Å². The van der Waals surface area contributed by atoms with E-state index < -0.39 is 0 Å². The molecule has 0 spiro atoms. The molecule has 0 N–H and O–H groups in total. The molecule has 0 atom stereocenters. The van der Waals surface area contributed by atoms with E-state index in [0.717, 1.165) is 0 Å². The number of fused-ring (bicyclic) bond motifs is 1. The molecule has 3 rings (SSSR count). The Labute approximate surface area is 120 Å². The molecular formula is C16H8N4O. The highest BCUT2D eigenvalue weighted by Gasteiger charge is 2.15.